The molecule has 1 saturated heterocycles. The molecule has 1 aromatic heterocycles. The summed E-state index contributed by atoms with van der Waals surface area (Å²) in [6, 6.07) is 6.42. The van der Waals surface area contributed by atoms with E-state index in [1.54, 1.807) is 11.3 Å². The van der Waals surface area contributed by atoms with Gasteiger partial charge < -0.3 is 14.8 Å². The number of aromatic nitrogens is 1. The summed E-state index contributed by atoms with van der Waals surface area (Å²) in [5.74, 6) is 1.52. The molecule has 1 atom stereocenters. The predicted octanol–water partition coefficient (Wildman–Crippen LogP) is 3.47. The van der Waals surface area contributed by atoms with Gasteiger partial charge in [-0.3, -0.25) is 0 Å². The molecule has 0 spiro atoms. The fourth-order valence-corrected chi connectivity index (χ4v) is 3.42. The molecule has 0 radical (unpaired) electrons. The monoisotopic (exact) mass is 332 g/mol. The van der Waals surface area contributed by atoms with E-state index in [0.717, 1.165) is 50.8 Å². The number of rotatable bonds is 7. The van der Waals surface area contributed by atoms with Gasteiger partial charge in [0, 0.05) is 36.1 Å². The van der Waals surface area contributed by atoms with Crippen molar-refractivity contribution in [2.24, 2.45) is 5.92 Å². The highest BCUT2D eigenvalue weighted by Gasteiger charge is 2.17. The molecular weight excluding hydrogens is 308 g/mol. The minimum atomic E-state index is 0.524. The van der Waals surface area contributed by atoms with E-state index in [2.05, 4.69) is 42.3 Å². The number of thiazole rings is 1. The van der Waals surface area contributed by atoms with Gasteiger partial charge in [-0.25, -0.2) is 4.98 Å². The molecule has 0 aliphatic carbocycles. The summed E-state index contributed by atoms with van der Waals surface area (Å²) in [6.45, 7) is 8.23. The van der Waals surface area contributed by atoms with E-state index in [9.17, 15) is 0 Å². The third-order valence-corrected chi connectivity index (χ3v) is 5.10. The first-order valence-electron chi connectivity index (χ1n) is 8.12. The van der Waals surface area contributed by atoms with Crippen LogP contribution in [-0.4, -0.2) is 24.8 Å². The van der Waals surface area contributed by atoms with Gasteiger partial charge in [-0.1, -0.05) is 12.1 Å². The lowest BCUT2D eigenvalue weighted by atomic mass is 10.1. The second-order valence-corrected chi connectivity index (χ2v) is 7.06. The van der Waals surface area contributed by atoms with Gasteiger partial charge in [0.2, 0.25) is 0 Å². The first kappa shape index (κ1) is 16.4. The first-order chi connectivity index (χ1) is 11.2. The zero-order valence-electron chi connectivity index (χ0n) is 13.8. The SMILES string of the molecule is Cc1ccc(CNCc2scnc2C)c(OC[C@H]2CCOC2)c1. The molecule has 1 fully saturated rings. The van der Waals surface area contributed by atoms with Crippen LogP contribution < -0.4 is 10.1 Å². The summed E-state index contributed by atoms with van der Waals surface area (Å²) in [5, 5.41) is 3.50. The Morgan fingerprint density at radius 1 is 1.35 bits per heavy atom. The van der Waals surface area contributed by atoms with Crippen molar-refractivity contribution in [3.8, 4) is 5.75 Å². The highest BCUT2D eigenvalue weighted by molar-refractivity contribution is 7.09. The average Bonchev–Trinajstić information content (AvgIpc) is 3.19. The number of benzene rings is 1. The molecule has 1 aromatic carbocycles. The summed E-state index contributed by atoms with van der Waals surface area (Å²) in [7, 11) is 0. The topological polar surface area (TPSA) is 43.4 Å². The number of aryl methyl sites for hydroxylation is 2. The van der Waals surface area contributed by atoms with E-state index in [-0.39, 0.29) is 0 Å². The Bertz CT molecular complexity index is 636. The van der Waals surface area contributed by atoms with Crippen LogP contribution in [0.1, 0.15) is 28.1 Å². The Labute approximate surface area is 141 Å². The minimum Gasteiger partial charge on any atom is -0.493 e. The Hall–Kier alpha value is -1.43. The van der Waals surface area contributed by atoms with Gasteiger partial charge in [-0.05, 0) is 31.9 Å². The Morgan fingerprint density at radius 2 is 2.26 bits per heavy atom. The minimum absolute atomic E-state index is 0.524. The first-order valence-corrected chi connectivity index (χ1v) is 9.00. The van der Waals surface area contributed by atoms with Crippen molar-refractivity contribution in [2.45, 2.75) is 33.4 Å². The zero-order valence-corrected chi connectivity index (χ0v) is 14.6. The standard InChI is InChI=1S/C18H24N2O2S/c1-13-3-4-16(8-19-9-18-14(2)20-12-23-18)17(7-13)22-11-15-5-6-21-10-15/h3-4,7,12,15,19H,5-6,8-11H2,1-2H3/t15-/m0/s1. The van der Waals surface area contributed by atoms with Gasteiger partial charge in [0.05, 0.1) is 24.4 Å². The third-order valence-electron chi connectivity index (χ3n) is 4.17. The van der Waals surface area contributed by atoms with Crippen molar-refractivity contribution >= 4 is 11.3 Å². The largest absolute Gasteiger partial charge is 0.493 e. The van der Waals surface area contributed by atoms with Crippen molar-refractivity contribution in [2.75, 3.05) is 19.8 Å². The lowest BCUT2D eigenvalue weighted by Gasteiger charge is -2.15. The summed E-state index contributed by atoms with van der Waals surface area (Å²) in [4.78, 5) is 5.58. The summed E-state index contributed by atoms with van der Waals surface area (Å²) >= 11 is 1.70. The van der Waals surface area contributed by atoms with E-state index in [1.165, 1.54) is 16.0 Å². The molecule has 3 rings (SSSR count). The maximum absolute atomic E-state index is 6.08. The molecule has 0 amide bonds. The van der Waals surface area contributed by atoms with E-state index in [0.29, 0.717) is 5.92 Å². The molecule has 4 nitrogen and oxygen atoms in total. The van der Waals surface area contributed by atoms with E-state index < -0.39 is 0 Å². The van der Waals surface area contributed by atoms with Crippen LogP contribution in [0.3, 0.4) is 0 Å². The highest BCUT2D eigenvalue weighted by Crippen LogP contribution is 2.23. The smallest absolute Gasteiger partial charge is 0.124 e. The van der Waals surface area contributed by atoms with Crippen molar-refractivity contribution in [1.29, 1.82) is 0 Å². The predicted molar refractivity (Wildman–Crippen MR) is 93.0 cm³/mol. The molecule has 0 saturated carbocycles. The van der Waals surface area contributed by atoms with Gasteiger partial charge in [0.25, 0.3) is 0 Å². The molecule has 1 aliphatic heterocycles. The molecule has 0 bridgehead atoms. The van der Waals surface area contributed by atoms with E-state index >= 15 is 0 Å². The van der Waals surface area contributed by atoms with Crippen LogP contribution in [-0.2, 0) is 17.8 Å². The Balaban J connectivity index is 1.57. The molecule has 1 aliphatic rings. The fraction of sp³-hybridized carbons (Fsp3) is 0.500. The Morgan fingerprint density at radius 3 is 3.00 bits per heavy atom. The van der Waals surface area contributed by atoms with E-state index in [4.69, 9.17) is 9.47 Å². The number of nitrogens with one attached hydrogen (secondary N) is 1. The molecule has 2 aromatic rings. The van der Waals surface area contributed by atoms with Crippen LogP contribution in [0.5, 0.6) is 5.75 Å². The number of ether oxygens (including phenoxy) is 2. The second kappa shape index (κ2) is 7.90. The van der Waals surface area contributed by atoms with E-state index in [1.807, 2.05) is 5.51 Å². The fourth-order valence-electron chi connectivity index (χ4n) is 2.67. The lowest BCUT2D eigenvalue weighted by molar-refractivity contribution is 0.166. The maximum atomic E-state index is 6.08. The quantitative estimate of drug-likeness (QED) is 0.843. The molecule has 23 heavy (non-hydrogen) atoms. The van der Waals surface area contributed by atoms with Crippen molar-refractivity contribution in [3.05, 3.63) is 45.4 Å². The molecule has 2 heterocycles. The van der Waals surface area contributed by atoms with Crippen LogP contribution in [0.15, 0.2) is 23.7 Å². The zero-order chi connectivity index (χ0) is 16.1. The Kier molecular flexibility index (Phi) is 5.65. The molecule has 1 N–H and O–H groups in total. The van der Waals surface area contributed by atoms with Crippen LogP contribution >= 0.6 is 11.3 Å². The molecule has 0 unspecified atom stereocenters. The number of hydrogen-bond donors (Lipinski definition) is 1. The third kappa shape index (κ3) is 4.53. The van der Waals surface area contributed by atoms with Crippen LogP contribution in [0, 0.1) is 19.8 Å². The van der Waals surface area contributed by atoms with Gasteiger partial charge in [-0.15, -0.1) is 11.3 Å². The maximum Gasteiger partial charge on any atom is 0.124 e. The van der Waals surface area contributed by atoms with Gasteiger partial charge in [-0.2, -0.15) is 0 Å². The summed E-state index contributed by atoms with van der Waals surface area (Å²) in [6.07, 6.45) is 1.10. The molecular formula is C18H24N2O2S. The number of hydrogen-bond acceptors (Lipinski definition) is 5. The van der Waals surface area contributed by atoms with Crippen LogP contribution in [0.2, 0.25) is 0 Å². The average molecular weight is 332 g/mol. The van der Waals surface area contributed by atoms with Gasteiger partial charge >= 0.3 is 0 Å². The van der Waals surface area contributed by atoms with Crippen LogP contribution in [0.4, 0.5) is 0 Å². The summed E-state index contributed by atoms with van der Waals surface area (Å²) in [5.41, 5.74) is 5.45. The molecule has 124 valence electrons. The van der Waals surface area contributed by atoms with Crippen molar-refractivity contribution < 1.29 is 9.47 Å². The van der Waals surface area contributed by atoms with Crippen molar-refractivity contribution in [1.82, 2.24) is 10.3 Å². The summed E-state index contributed by atoms with van der Waals surface area (Å²) < 4.78 is 11.5. The molecule has 5 heteroatoms. The highest BCUT2D eigenvalue weighted by atomic mass is 32.1. The van der Waals surface area contributed by atoms with Crippen LogP contribution in [0.25, 0.3) is 0 Å². The second-order valence-electron chi connectivity index (χ2n) is 6.12. The van der Waals surface area contributed by atoms with Gasteiger partial charge in [0.1, 0.15) is 5.75 Å². The number of nitrogens with zero attached hydrogens (tertiary/aromatic N) is 1. The lowest BCUT2D eigenvalue weighted by Crippen LogP contribution is -2.16. The normalized spacial score (nSPS) is 17.6. The van der Waals surface area contributed by atoms with Crippen molar-refractivity contribution in [3.63, 3.8) is 0 Å². The van der Waals surface area contributed by atoms with Gasteiger partial charge in [0.15, 0.2) is 0 Å².